The van der Waals surface area contributed by atoms with Gasteiger partial charge in [-0.3, -0.25) is 0 Å². The second-order valence-corrected chi connectivity index (χ2v) is 4.94. The summed E-state index contributed by atoms with van der Waals surface area (Å²) < 4.78 is 6.35. The zero-order valence-electron chi connectivity index (χ0n) is 9.36. The number of rotatable bonds is 1. The monoisotopic (exact) mass is 198 g/mol. The Bertz CT molecular complexity index is 196. The molecule has 0 aliphatic carbocycles. The average molecular weight is 198 g/mol. The van der Waals surface area contributed by atoms with Crippen LogP contribution in [-0.4, -0.2) is 37.4 Å². The van der Waals surface area contributed by atoms with Gasteiger partial charge in [-0.05, 0) is 39.3 Å². The summed E-state index contributed by atoms with van der Waals surface area (Å²) in [5, 5.41) is 6.93. The topological polar surface area (TPSA) is 33.3 Å². The first kappa shape index (κ1) is 10.4. The van der Waals surface area contributed by atoms with Gasteiger partial charge in [-0.2, -0.15) is 0 Å². The van der Waals surface area contributed by atoms with Crippen LogP contribution >= 0.6 is 0 Å². The highest BCUT2D eigenvalue weighted by molar-refractivity contribution is 4.96. The van der Waals surface area contributed by atoms with E-state index >= 15 is 0 Å². The van der Waals surface area contributed by atoms with Gasteiger partial charge in [0, 0.05) is 13.1 Å². The Balaban J connectivity index is 2.04. The lowest BCUT2D eigenvalue weighted by atomic mass is 9.87. The van der Waals surface area contributed by atoms with Crippen molar-refractivity contribution >= 4 is 0 Å². The summed E-state index contributed by atoms with van der Waals surface area (Å²) in [7, 11) is 0. The van der Waals surface area contributed by atoms with Crippen LogP contribution in [-0.2, 0) is 4.74 Å². The van der Waals surface area contributed by atoms with Gasteiger partial charge >= 0.3 is 0 Å². The first-order valence-electron chi connectivity index (χ1n) is 5.80. The fourth-order valence-corrected chi connectivity index (χ4v) is 2.51. The second kappa shape index (κ2) is 3.80. The molecule has 2 aliphatic heterocycles. The molecule has 14 heavy (non-hydrogen) atoms. The van der Waals surface area contributed by atoms with Crippen LogP contribution in [0.15, 0.2) is 0 Å². The Hall–Kier alpha value is -0.120. The fraction of sp³-hybridized carbons (Fsp3) is 1.00. The molecule has 0 aromatic heterocycles. The summed E-state index contributed by atoms with van der Waals surface area (Å²) in [4.78, 5) is 0. The zero-order chi connectivity index (χ0) is 10.1. The Morgan fingerprint density at radius 2 is 1.86 bits per heavy atom. The van der Waals surface area contributed by atoms with Crippen LogP contribution < -0.4 is 10.6 Å². The Kier molecular flexibility index (Phi) is 2.82. The number of piperidine rings is 1. The molecule has 0 aromatic rings. The third-order valence-corrected chi connectivity index (χ3v) is 3.67. The standard InChI is InChI=1S/C11H22N2O/c1-3-10(2)8-13-9-11(14-10)4-6-12-7-5-11/h12-13H,3-9H2,1-2H3. The highest BCUT2D eigenvalue weighted by Gasteiger charge is 2.42. The van der Waals surface area contributed by atoms with Gasteiger partial charge in [0.25, 0.3) is 0 Å². The third-order valence-electron chi connectivity index (χ3n) is 3.67. The zero-order valence-corrected chi connectivity index (χ0v) is 9.36. The summed E-state index contributed by atoms with van der Waals surface area (Å²) in [6.07, 6.45) is 3.39. The molecule has 3 heteroatoms. The van der Waals surface area contributed by atoms with Gasteiger partial charge < -0.3 is 15.4 Å². The number of morpholine rings is 1. The van der Waals surface area contributed by atoms with E-state index in [1.54, 1.807) is 0 Å². The van der Waals surface area contributed by atoms with E-state index in [1.807, 2.05) is 0 Å². The molecule has 2 fully saturated rings. The minimum atomic E-state index is 0.0512. The van der Waals surface area contributed by atoms with Crippen LogP contribution in [0.5, 0.6) is 0 Å². The van der Waals surface area contributed by atoms with Crippen molar-refractivity contribution in [3.05, 3.63) is 0 Å². The van der Waals surface area contributed by atoms with E-state index in [4.69, 9.17) is 4.74 Å². The number of hydrogen-bond acceptors (Lipinski definition) is 3. The van der Waals surface area contributed by atoms with Crippen LogP contribution in [0.2, 0.25) is 0 Å². The molecule has 2 heterocycles. The molecule has 2 aliphatic rings. The van der Waals surface area contributed by atoms with Crippen molar-refractivity contribution in [1.82, 2.24) is 10.6 Å². The first-order valence-corrected chi connectivity index (χ1v) is 5.80. The van der Waals surface area contributed by atoms with Crippen molar-refractivity contribution in [3.63, 3.8) is 0 Å². The number of nitrogens with one attached hydrogen (secondary N) is 2. The van der Waals surface area contributed by atoms with E-state index in [0.29, 0.717) is 0 Å². The van der Waals surface area contributed by atoms with Gasteiger partial charge in [0.1, 0.15) is 0 Å². The first-order chi connectivity index (χ1) is 6.68. The van der Waals surface area contributed by atoms with Crippen molar-refractivity contribution in [2.24, 2.45) is 0 Å². The van der Waals surface area contributed by atoms with Gasteiger partial charge in [-0.15, -0.1) is 0 Å². The van der Waals surface area contributed by atoms with Crippen LogP contribution in [0.3, 0.4) is 0 Å². The number of hydrogen-bond donors (Lipinski definition) is 2. The van der Waals surface area contributed by atoms with E-state index < -0.39 is 0 Å². The van der Waals surface area contributed by atoms with E-state index in [0.717, 1.165) is 45.4 Å². The molecule has 0 bridgehead atoms. The quantitative estimate of drug-likeness (QED) is 0.657. The van der Waals surface area contributed by atoms with E-state index in [1.165, 1.54) is 0 Å². The molecule has 3 nitrogen and oxygen atoms in total. The third kappa shape index (κ3) is 1.95. The molecule has 0 saturated carbocycles. The maximum Gasteiger partial charge on any atom is 0.0838 e. The molecule has 1 atom stereocenters. The molecule has 2 rings (SSSR count). The van der Waals surface area contributed by atoms with Crippen molar-refractivity contribution < 1.29 is 4.74 Å². The fourth-order valence-electron chi connectivity index (χ4n) is 2.51. The normalized spacial score (nSPS) is 37.3. The molecule has 82 valence electrons. The van der Waals surface area contributed by atoms with Gasteiger partial charge in [0.15, 0.2) is 0 Å². The largest absolute Gasteiger partial charge is 0.366 e. The average Bonchev–Trinajstić information content (AvgIpc) is 2.19. The predicted molar refractivity (Wildman–Crippen MR) is 57.5 cm³/mol. The van der Waals surface area contributed by atoms with Crippen molar-refractivity contribution in [2.45, 2.75) is 44.3 Å². The van der Waals surface area contributed by atoms with Crippen molar-refractivity contribution in [1.29, 1.82) is 0 Å². The van der Waals surface area contributed by atoms with Gasteiger partial charge in [0.2, 0.25) is 0 Å². The minimum Gasteiger partial charge on any atom is -0.366 e. The molecule has 2 saturated heterocycles. The maximum atomic E-state index is 6.35. The lowest BCUT2D eigenvalue weighted by Gasteiger charge is -2.49. The summed E-state index contributed by atoms with van der Waals surface area (Å²) >= 11 is 0. The molecule has 1 spiro atoms. The smallest absolute Gasteiger partial charge is 0.0838 e. The molecule has 0 radical (unpaired) electrons. The highest BCUT2D eigenvalue weighted by atomic mass is 16.5. The SMILES string of the molecule is CCC1(C)CNCC2(CCNCC2)O1. The predicted octanol–water partition coefficient (Wildman–Crippen LogP) is 0.897. The molecule has 2 N–H and O–H groups in total. The lowest BCUT2D eigenvalue weighted by molar-refractivity contribution is -0.181. The Morgan fingerprint density at radius 3 is 2.50 bits per heavy atom. The summed E-state index contributed by atoms with van der Waals surface area (Å²) in [6, 6.07) is 0. The van der Waals surface area contributed by atoms with E-state index in [9.17, 15) is 0 Å². The maximum absolute atomic E-state index is 6.35. The summed E-state index contributed by atoms with van der Waals surface area (Å²) in [6.45, 7) is 8.66. The molecular weight excluding hydrogens is 176 g/mol. The van der Waals surface area contributed by atoms with Crippen molar-refractivity contribution in [2.75, 3.05) is 26.2 Å². The molecular formula is C11H22N2O. The van der Waals surface area contributed by atoms with Crippen LogP contribution in [0.1, 0.15) is 33.1 Å². The van der Waals surface area contributed by atoms with Crippen molar-refractivity contribution in [3.8, 4) is 0 Å². The Morgan fingerprint density at radius 1 is 1.14 bits per heavy atom. The molecule has 1 unspecified atom stereocenters. The summed E-state index contributed by atoms with van der Waals surface area (Å²) in [5.74, 6) is 0. The van der Waals surface area contributed by atoms with Gasteiger partial charge in [-0.1, -0.05) is 6.92 Å². The van der Waals surface area contributed by atoms with Crippen LogP contribution in [0.25, 0.3) is 0 Å². The summed E-state index contributed by atoms with van der Waals surface area (Å²) in [5.41, 5.74) is 0.170. The molecule has 0 aromatic carbocycles. The van der Waals surface area contributed by atoms with Gasteiger partial charge in [0.05, 0.1) is 11.2 Å². The highest BCUT2D eigenvalue weighted by Crippen LogP contribution is 2.32. The second-order valence-electron chi connectivity index (χ2n) is 4.94. The lowest BCUT2D eigenvalue weighted by Crippen LogP contribution is -2.61. The number of ether oxygens (including phenoxy) is 1. The Labute approximate surface area is 86.6 Å². The van der Waals surface area contributed by atoms with E-state index in [2.05, 4.69) is 24.5 Å². The minimum absolute atomic E-state index is 0.0512. The van der Waals surface area contributed by atoms with Crippen LogP contribution in [0.4, 0.5) is 0 Å². The molecule has 0 amide bonds. The van der Waals surface area contributed by atoms with Gasteiger partial charge in [-0.25, -0.2) is 0 Å². The van der Waals surface area contributed by atoms with E-state index in [-0.39, 0.29) is 11.2 Å². The van der Waals surface area contributed by atoms with Crippen LogP contribution in [0, 0.1) is 0 Å².